The van der Waals surface area contributed by atoms with E-state index in [4.69, 9.17) is 4.52 Å². The summed E-state index contributed by atoms with van der Waals surface area (Å²) in [7, 11) is 1.80. The third kappa shape index (κ3) is 5.69. The molecule has 0 aliphatic heterocycles. The number of hydrogen-bond donors (Lipinski definition) is 2. The van der Waals surface area contributed by atoms with Gasteiger partial charge in [-0.3, -0.25) is 4.99 Å². The first-order valence-corrected chi connectivity index (χ1v) is 8.48. The number of nitrogens with zero attached hydrogens (tertiary/aromatic N) is 2. The van der Waals surface area contributed by atoms with Gasteiger partial charge in [0.15, 0.2) is 11.7 Å². The van der Waals surface area contributed by atoms with Crippen LogP contribution in [0.4, 0.5) is 0 Å². The lowest BCUT2D eigenvalue weighted by Crippen LogP contribution is -2.42. The van der Waals surface area contributed by atoms with Crippen LogP contribution in [0, 0.1) is 0 Å². The molecule has 7 heteroatoms. The van der Waals surface area contributed by atoms with Crippen molar-refractivity contribution in [1.29, 1.82) is 0 Å². The van der Waals surface area contributed by atoms with E-state index in [1.807, 2.05) is 17.8 Å². The van der Waals surface area contributed by atoms with E-state index in [2.05, 4.69) is 34.0 Å². The summed E-state index contributed by atoms with van der Waals surface area (Å²) in [5.41, 5.74) is 0.989. The minimum absolute atomic E-state index is 0. The highest BCUT2D eigenvalue weighted by Crippen LogP contribution is 2.27. The Balaban J connectivity index is 0.00000220. The molecular weight excluding hydrogens is 399 g/mol. The van der Waals surface area contributed by atoms with Crippen LogP contribution in [-0.4, -0.2) is 35.7 Å². The Morgan fingerprint density at radius 2 is 2.33 bits per heavy atom. The Hall–Kier alpha value is -0.440. The Labute approximate surface area is 148 Å². The van der Waals surface area contributed by atoms with Gasteiger partial charge in [-0.05, 0) is 31.9 Å². The van der Waals surface area contributed by atoms with Crippen LogP contribution in [-0.2, 0) is 13.0 Å². The topological polar surface area (TPSA) is 62.5 Å². The van der Waals surface area contributed by atoms with Crippen molar-refractivity contribution >= 4 is 41.7 Å². The maximum absolute atomic E-state index is 5.26. The van der Waals surface area contributed by atoms with Crippen molar-refractivity contribution < 1.29 is 4.52 Å². The van der Waals surface area contributed by atoms with Crippen molar-refractivity contribution in [1.82, 2.24) is 15.8 Å². The zero-order chi connectivity index (χ0) is 14.4. The summed E-state index contributed by atoms with van der Waals surface area (Å²) in [6.45, 7) is 2.68. The summed E-state index contributed by atoms with van der Waals surface area (Å²) in [6.07, 6.45) is 6.81. The van der Waals surface area contributed by atoms with Gasteiger partial charge in [-0.1, -0.05) is 12.1 Å². The van der Waals surface area contributed by atoms with E-state index in [-0.39, 0.29) is 24.0 Å². The molecule has 0 bridgehead atoms. The van der Waals surface area contributed by atoms with Crippen LogP contribution in [0.1, 0.15) is 37.6 Å². The van der Waals surface area contributed by atoms with Crippen molar-refractivity contribution in [2.75, 3.05) is 13.3 Å². The first-order valence-electron chi connectivity index (χ1n) is 7.19. The van der Waals surface area contributed by atoms with Crippen LogP contribution in [0.5, 0.6) is 0 Å². The van der Waals surface area contributed by atoms with Gasteiger partial charge in [0.2, 0.25) is 0 Å². The molecule has 2 atom stereocenters. The summed E-state index contributed by atoms with van der Waals surface area (Å²) in [5.74, 6) is 1.68. The zero-order valence-electron chi connectivity index (χ0n) is 12.9. The van der Waals surface area contributed by atoms with E-state index in [9.17, 15) is 0 Å². The van der Waals surface area contributed by atoms with E-state index in [1.54, 1.807) is 7.05 Å². The number of aliphatic imine (C=N–C) groups is 1. The number of thioether (sulfide) groups is 1. The first-order chi connectivity index (χ1) is 9.75. The maximum atomic E-state index is 5.26. The standard InChI is InChI=1S/C14H24N4OS.HI/c1-4-10-7-12(19-18-10)9-16-14(15-2)17-11-5-6-13(8-11)20-3;/h7,11,13H,4-6,8-9H2,1-3H3,(H2,15,16,17);1H. The molecule has 0 aromatic carbocycles. The molecule has 2 rings (SSSR count). The van der Waals surface area contributed by atoms with Gasteiger partial charge in [0.05, 0.1) is 12.2 Å². The minimum Gasteiger partial charge on any atom is -0.359 e. The summed E-state index contributed by atoms with van der Waals surface area (Å²) in [6, 6.07) is 2.51. The molecule has 0 radical (unpaired) electrons. The lowest BCUT2D eigenvalue weighted by atomic mass is 10.2. The Morgan fingerprint density at radius 1 is 1.52 bits per heavy atom. The number of nitrogens with one attached hydrogen (secondary N) is 2. The second-order valence-corrected chi connectivity index (χ2v) is 6.21. The minimum atomic E-state index is 0. The molecule has 1 aliphatic carbocycles. The number of rotatable bonds is 5. The van der Waals surface area contributed by atoms with Crippen LogP contribution in [0.15, 0.2) is 15.6 Å². The molecular formula is C14H25IN4OS. The van der Waals surface area contributed by atoms with E-state index < -0.39 is 0 Å². The summed E-state index contributed by atoms with van der Waals surface area (Å²) >= 11 is 1.96. The summed E-state index contributed by atoms with van der Waals surface area (Å²) in [5, 5.41) is 11.5. The SMILES string of the molecule is CCc1cc(CNC(=NC)NC2CCC(SC)C2)on1.I. The van der Waals surface area contributed by atoms with Gasteiger partial charge in [-0.15, -0.1) is 24.0 Å². The lowest BCUT2D eigenvalue weighted by molar-refractivity contribution is 0.374. The lowest BCUT2D eigenvalue weighted by Gasteiger charge is -2.16. The van der Waals surface area contributed by atoms with Gasteiger partial charge >= 0.3 is 0 Å². The number of aromatic nitrogens is 1. The number of aryl methyl sites for hydroxylation is 1. The summed E-state index contributed by atoms with van der Waals surface area (Å²) < 4.78 is 5.26. The monoisotopic (exact) mass is 424 g/mol. The Morgan fingerprint density at radius 3 is 2.90 bits per heavy atom. The largest absolute Gasteiger partial charge is 0.359 e. The molecule has 1 aromatic rings. The average Bonchev–Trinajstić information content (AvgIpc) is 3.12. The highest BCUT2D eigenvalue weighted by Gasteiger charge is 2.24. The molecule has 2 N–H and O–H groups in total. The quantitative estimate of drug-likeness (QED) is 0.433. The number of halogens is 1. The van der Waals surface area contributed by atoms with E-state index >= 15 is 0 Å². The third-order valence-electron chi connectivity index (χ3n) is 3.68. The van der Waals surface area contributed by atoms with Crippen LogP contribution in [0.25, 0.3) is 0 Å². The predicted molar refractivity (Wildman–Crippen MR) is 99.6 cm³/mol. The van der Waals surface area contributed by atoms with Gasteiger partial charge in [0, 0.05) is 24.4 Å². The van der Waals surface area contributed by atoms with Crippen molar-refractivity contribution in [2.24, 2.45) is 4.99 Å². The van der Waals surface area contributed by atoms with Gasteiger partial charge in [-0.2, -0.15) is 11.8 Å². The number of guanidine groups is 1. The highest BCUT2D eigenvalue weighted by atomic mass is 127. The molecule has 120 valence electrons. The molecule has 0 spiro atoms. The van der Waals surface area contributed by atoms with Crippen molar-refractivity contribution in [3.63, 3.8) is 0 Å². The smallest absolute Gasteiger partial charge is 0.191 e. The Kier molecular flexibility index (Phi) is 8.46. The molecule has 1 heterocycles. The van der Waals surface area contributed by atoms with Crippen LogP contribution < -0.4 is 10.6 Å². The van der Waals surface area contributed by atoms with Crippen molar-refractivity contribution in [2.45, 2.75) is 50.4 Å². The average molecular weight is 424 g/mol. The van der Waals surface area contributed by atoms with Crippen LogP contribution in [0.2, 0.25) is 0 Å². The van der Waals surface area contributed by atoms with Crippen molar-refractivity contribution in [3.8, 4) is 0 Å². The normalized spacial score (nSPS) is 22.0. The van der Waals surface area contributed by atoms with Gasteiger partial charge in [0.25, 0.3) is 0 Å². The maximum Gasteiger partial charge on any atom is 0.191 e. The summed E-state index contributed by atoms with van der Waals surface area (Å²) in [4.78, 5) is 4.27. The highest BCUT2D eigenvalue weighted by molar-refractivity contribution is 14.0. The van der Waals surface area contributed by atoms with Gasteiger partial charge in [0.1, 0.15) is 0 Å². The van der Waals surface area contributed by atoms with Crippen LogP contribution in [0.3, 0.4) is 0 Å². The fourth-order valence-corrected chi connectivity index (χ4v) is 3.25. The van der Waals surface area contributed by atoms with E-state index in [0.717, 1.165) is 29.1 Å². The molecule has 2 unspecified atom stereocenters. The van der Waals surface area contributed by atoms with Gasteiger partial charge < -0.3 is 15.2 Å². The fourth-order valence-electron chi connectivity index (χ4n) is 2.45. The molecule has 1 fully saturated rings. The fraction of sp³-hybridized carbons (Fsp3) is 0.714. The molecule has 5 nitrogen and oxygen atoms in total. The molecule has 0 amide bonds. The number of hydrogen-bond acceptors (Lipinski definition) is 4. The Bertz CT molecular complexity index is 452. The van der Waals surface area contributed by atoms with Crippen molar-refractivity contribution in [3.05, 3.63) is 17.5 Å². The molecule has 1 aliphatic rings. The zero-order valence-corrected chi connectivity index (χ0v) is 16.0. The first kappa shape index (κ1) is 18.6. The van der Waals surface area contributed by atoms with Crippen LogP contribution >= 0.6 is 35.7 Å². The second kappa shape index (κ2) is 9.55. The molecule has 1 saturated carbocycles. The molecule has 0 saturated heterocycles. The van der Waals surface area contributed by atoms with E-state index in [1.165, 1.54) is 19.3 Å². The van der Waals surface area contributed by atoms with Gasteiger partial charge in [-0.25, -0.2) is 0 Å². The van der Waals surface area contributed by atoms with E-state index in [0.29, 0.717) is 12.6 Å². The third-order valence-corrected chi connectivity index (χ3v) is 4.78. The molecule has 1 aromatic heterocycles. The predicted octanol–water partition coefficient (Wildman–Crippen LogP) is 2.80. The molecule has 21 heavy (non-hydrogen) atoms. The second-order valence-electron chi connectivity index (χ2n) is 5.08.